The molecule has 0 spiro atoms. The van der Waals surface area contributed by atoms with Crippen LogP contribution in [0.25, 0.3) is 11.0 Å². The minimum absolute atomic E-state index is 0.332. The van der Waals surface area contributed by atoms with E-state index in [-0.39, 0.29) is 0 Å². The Balaban J connectivity index is 2.19. The Kier molecular flexibility index (Phi) is 2.58. The number of anilines is 1. The fourth-order valence-corrected chi connectivity index (χ4v) is 1.43. The van der Waals surface area contributed by atoms with E-state index in [1.54, 1.807) is 6.07 Å². The molecule has 15 heavy (non-hydrogen) atoms. The van der Waals surface area contributed by atoms with Gasteiger partial charge in [-0.1, -0.05) is 0 Å². The maximum atomic E-state index is 9.94. The molecule has 2 rings (SSSR count). The van der Waals surface area contributed by atoms with Crippen molar-refractivity contribution in [2.45, 2.75) is 6.42 Å². The molecule has 1 aromatic heterocycles. The average molecular weight is 205 g/mol. The van der Waals surface area contributed by atoms with Crippen LogP contribution in [-0.4, -0.2) is 13.1 Å². The maximum absolute atomic E-state index is 9.94. The fourth-order valence-electron chi connectivity index (χ4n) is 1.43. The lowest BCUT2D eigenvalue weighted by Gasteiger charge is -1.93. The Morgan fingerprint density at radius 2 is 2.27 bits per heavy atom. The molecule has 1 heterocycles. The van der Waals surface area contributed by atoms with Crippen LogP contribution in [0, 0.1) is 0 Å². The van der Waals surface area contributed by atoms with Crippen LogP contribution in [0.5, 0.6) is 0 Å². The lowest BCUT2D eigenvalue weighted by atomic mass is 10.2. The van der Waals surface area contributed by atoms with Crippen molar-refractivity contribution in [3.05, 3.63) is 30.0 Å². The number of furan rings is 1. The number of carbonyl (C=O) groups is 1. The fraction of sp³-hybridized carbons (Fsp3) is 0.182. The van der Waals surface area contributed by atoms with Gasteiger partial charge in [-0.15, -0.1) is 0 Å². The number of fused-ring (bicyclic) bond motifs is 1. The molecule has 0 aliphatic heterocycles. The highest BCUT2D eigenvalue weighted by Gasteiger charge is 2.03. The largest absolute Gasteiger partial charge is 0.467 e. The first-order valence-corrected chi connectivity index (χ1v) is 4.63. The van der Waals surface area contributed by atoms with Crippen molar-refractivity contribution in [1.82, 2.24) is 0 Å². The van der Waals surface area contributed by atoms with Gasteiger partial charge in [-0.25, -0.2) is 0 Å². The summed E-state index contributed by atoms with van der Waals surface area (Å²) >= 11 is 0. The molecule has 0 saturated heterocycles. The van der Waals surface area contributed by atoms with Crippen molar-refractivity contribution >= 4 is 23.1 Å². The van der Waals surface area contributed by atoms with Gasteiger partial charge >= 0.3 is 0 Å². The summed E-state index contributed by atoms with van der Waals surface area (Å²) in [5.74, 6) is 0.789. The summed E-state index contributed by atoms with van der Waals surface area (Å²) in [5, 5.41) is 1.00. The molecule has 0 bridgehead atoms. The molecule has 1 aromatic carbocycles. The molecule has 0 radical (unpaired) electrons. The third-order valence-electron chi connectivity index (χ3n) is 2.13. The molecule has 0 unspecified atom stereocenters. The first-order valence-electron chi connectivity index (χ1n) is 4.63. The van der Waals surface area contributed by atoms with Gasteiger partial charge in [0.1, 0.15) is 11.3 Å². The molecule has 0 saturated carbocycles. The second-order valence-corrected chi connectivity index (χ2v) is 3.23. The lowest BCUT2D eigenvalue weighted by molar-refractivity contribution is -0.128. The maximum Gasteiger partial charge on any atom is 0.293 e. The van der Waals surface area contributed by atoms with Crippen molar-refractivity contribution < 1.29 is 13.9 Å². The second-order valence-electron chi connectivity index (χ2n) is 3.23. The van der Waals surface area contributed by atoms with Crippen molar-refractivity contribution in [2.75, 3.05) is 12.3 Å². The third-order valence-corrected chi connectivity index (χ3v) is 2.13. The van der Waals surface area contributed by atoms with Gasteiger partial charge < -0.3 is 14.9 Å². The molecule has 0 aliphatic carbocycles. The van der Waals surface area contributed by atoms with E-state index in [9.17, 15) is 4.79 Å². The number of hydrogen-bond donors (Lipinski definition) is 1. The quantitative estimate of drug-likeness (QED) is 0.469. The van der Waals surface area contributed by atoms with Crippen LogP contribution in [-0.2, 0) is 16.0 Å². The van der Waals surface area contributed by atoms with Crippen LogP contribution in [0.2, 0.25) is 0 Å². The molecule has 0 atom stereocenters. The zero-order valence-corrected chi connectivity index (χ0v) is 8.10. The van der Waals surface area contributed by atoms with E-state index in [2.05, 4.69) is 4.74 Å². The predicted octanol–water partition coefficient (Wildman–Crippen LogP) is 1.73. The van der Waals surface area contributed by atoms with Gasteiger partial charge in [-0.2, -0.15) is 0 Å². The molecule has 0 amide bonds. The van der Waals surface area contributed by atoms with Crippen LogP contribution in [0.3, 0.4) is 0 Å². The van der Waals surface area contributed by atoms with Gasteiger partial charge in [0.05, 0.1) is 6.61 Å². The molecule has 4 heteroatoms. The number of nitrogens with two attached hydrogens (primary N) is 1. The molecular weight excluding hydrogens is 194 g/mol. The Bertz CT molecular complexity index is 476. The topological polar surface area (TPSA) is 65.5 Å². The average Bonchev–Trinajstić information content (AvgIpc) is 2.60. The van der Waals surface area contributed by atoms with Gasteiger partial charge in [-0.3, -0.25) is 4.79 Å². The minimum atomic E-state index is 0.332. The summed E-state index contributed by atoms with van der Waals surface area (Å²) in [6.45, 7) is 0.763. The molecule has 0 fully saturated rings. The van der Waals surface area contributed by atoms with E-state index in [1.807, 2.05) is 18.2 Å². The molecule has 2 N–H and O–H groups in total. The minimum Gasteiger partial charge on any atom is -0.467 e. The highest BCUT2D eigenvalue weighted by Crippen LogP contribution is 2.21. The highest BCUT2D eigenvalue weighted by atomic mass is 16.5. The van der Waals surface area contributed by atoms with Crippen molar-refractivity contribution in [1.29, 1.82) is 0 Å². The number of hydrogen-bond acceptors (Lipinski definition) is 4. The molecular formula is C11H11NO3. The van der Waals surface area contributed by atoms with E-state index >= 15 is 0 Å². The Morgan fingerprint density at radius 1 is 1.40 bits per heavy atom. The number of rotatable bonds is 4. The normalized spacial score (nSPS) is 10.4. The summed E-state index contributed by atoms with van der Waals surface area (Å²) in [6, 6.07) is 7.42. The Hall–Kier alpha value is -1.97. The van der Waals surface area contributed by atoms with E-state index in [0.29, 0.717) is 25.2 Å². The highest BCUT2D eigenvalue weighted by molar-refractivity contribution is 5.81. The third kappa shape index (κ3) is 2.10. The zero-order valence-electron chi connectivity index (χ0n) is 8.10. The standard InChI is InChI=1S/C11H11NO3/c12-9-2-1-8-5-10(3-4-14-7-13)15-11(8)6-9/h1-2,5-7H,3-4,12H2. The second kappa shape index (κ2) is 4.04. The smallest absolute Gasteiger partial charge is 0.293 e. The van der Waals surface area contributed by atoms with Gasteiger partial charge in [0.15, 0.2) is 0 Å². The number of nitrogen functional groups attached to an aromatic ring is 1. The summed E-state index contributed by atoms with van der Waals surface area (Å²) in [4.78, 5) is 9.94. The van der Waals surface area contributed by atoms with Gasteiger partial charge in [0.2, 0.25) is 0 Å². The summed E-state index contributed by atoms with van der Waals surface area (Å²) < 4.78 is 10.1. The monoisotopic (exact) mass is 205 g/mol. The molecule has 78 valence electrons. The SMILES string of the molecule is Nc1ccc2cc(CCOC=O)oc2c1. The Morgan fingerprint density at radius 3 is 3.07 bits per heavy atom. The summed E-state index contributed by atoms with van der Waals surface area (Å²) in [6.07, 6.45) is 0.577. The van der Waals surface area contributed by atoms with E-state index in [4.69, 9.17) is 10.2 Å². The summed E-state index contributed by atoms with van der Waals surface area (Å²) in [7, 11) is 0. The van der Waals surface area contributed by atoms with Crippen molar-refractivity contribution in [2.24, 2.45) is 0 Å². The lowest BCUT2D eigenvalue weighted by Crippen LogP contribution is -1.94. The number of benzene rings is 1. The zero-order chi connectivity index (χ0) is 10.7. The van der Waals surface area contributed by atoms with Crippen LogP contribution in [0.1, 0.15) is 5.76 Å². The number of carbonyl (C=O) groups excluding carboxylic acids is 1. The predicted molar refractivity (Wildman–Crippen MR) is 56.3 cm³/mol. The van der Waals surface area contributed by atoms with E-state index in [0.717, 1.165) is 16.7 Å². The molecule has 4 nitrogen and oxygen atoms in total. The van der Waals surface area contributed by atoms with E-state index in [1.165, 1.54) is 0 Å². The van der Waals surface area contributed by atoms with Gasteiger partial charge in [0.25, 0.3) is 6.47 Å². The Labute approximate surface area is 86.6 Å². The molecule has 2 aromatic rings. The van der Waals surface area contributed by atoms with E-state index < -0.39 is 0 Å². The number of ether oxygens (including phenoxy) is 1. The van der Waals surface area contributed by atoms with Gasteiger partial charge in [0, 0.05) is 23.6 Å². The summed E-state index contributed by atoms with van der Waals surface area (Å²) in [5.41, 5.74) is 7.06. The van der Waals surface area contributed by atoms with Crippen molar-refractivity contribution in [3.63, 3.8) is 0 Å². The molecule has 0 aliphatic rings. The van der Waals surface area contributed by atoms with Crippen LogP contribution < -0.4 is 5.73 Å². The first-order chi connectivity index (χ1) is 7.29. The van der Waals surface area contributed by atoms with Gasteiger partial charge in [-0.05, 0) is 18.2 Å². The van der Waals surface area contributed by atoms with Crippen LogP contribution in [0.4, 0.5) is 5.69 Å². The van der Waals surface area contributed by atoms with Crippen LogP contribution >= 0.6 is 0 Å². The van der Waals surface area contributed by atoms with Crippen LogP contribution in [0.15, 0.2) is 28.7 Å². The van der Waals surface area contributed by atoms with Crippen molar-refractivity contribution in [3.8, 4) is 0 Å². The first kappa shape index (κ1) is 9.58.